The Labute approximate surface area is 186 Å². The number of aromatic amines is 1. The predicted octanol–water partition coefficient (Wildman–Crippen LogP) is 4.42. The van der Waals surface area contributed by atoms with Crippen LogP contribution in [-0.4, -0.2) is 35.6 Å². The average Bonchev–Trinajstić information content (AvgIpc) is 3.24. The van der Waals surface area contributed by atoms with Crippen LogP contribution in [0, 0.1) is 12.7 Å². The molecule has 0 saturated carbocycles. The van der Waals surface area contributed by atoms with E-state index in [0.717, 1.165) is 67.0 Å². The quantitative estimate of drug-likeness (QED) is 0.180. The maximum atomic E-state index is 13.5. The summed E-state index contributed by atoms with van der Waals surface area (Å²) < 4.78 is 13.5. The Bertz CT molecular complexity index is 905. The molecule has 0 spiro atoms. The van der Waals surface area contributed by atoms with E-state index in [1.165, 1.54) is 11.1 Å². The Hall–Kier alpha value is -1.68. The van der Waals surface area contributed by atoms with Crippen molar-refractivity contribution in [1.82, 2.24) is 20.6 Å². The number of nitrogens with zero attached hydrogens (tertiary/aromatic N) is 2. The number of H-pyrrole nitrogens is 1. The van der Waals surface area contributed by atoms with Crippen LogP contribution in [0.15, 0.2) is 34.8 Å². The molecule has 3 N–H and O–H groups in total. The van der Waals surface area contributed by atoms with E-state index in [0.29, 0.717) is 0 Å². The van der Waals surface area contributed by atoms with Crippen LogP contribution in [0.3, 0.4) is 0 Å². The molecule has 2 heterocycles. The second kappa shape index (κ2) is 11.4. The van der Waals surface area contributed by atoms with Gasteiger partial charge in [-0.25, -0.2) is 9.37 Å². The smallest absolute Gasteiger partial charge is 0.191 e. The van der Waals surface area contributed by atoms with Crippen LogP contribution >= 0.6 is 35.3 Å². The van der Waals surface area contributed by atoms with Gasteiger partial charge < -0.3 is 15.6 Å². The number of aliphatic imine (C=N–C) groups is 1. The van der Waals surface area contributed by atoms with E-state index in [2.05, 4.69) is 37.9 Å². The zero-order chi connectivity index (χ0) is 19.1. The topological polar surface area (TPSA) is 65.1 Å². The molecule has 0 amide bonds. The summed E-state index contributed by atoms with van der Waals surface area (Å²) in [5, 5.41) is 10.8. The normalized spacial score (nSPS) is 11.5. The fourth-order valence-electron chi connectivity index (χ4n) is 2.95. The van der Waals surface area contributed by atoms with Gasteiger partial charge in [0, 0.05) is 54.2 Å². The number of guanidine groups is 1. The highest BCUT2D eigenvalue weighted by Gasteiger charge is 2.05. The van der Waals surface area contributed by atoms with Crippen molar-refractivity contribution in [3.05, 3.63) is 51.9 Å². The second-order valence-electron chi connectivity index (χ2n) is 6.43. The number of benzene rings is 1. The lowest BCUT2D eigenvalue weighted by Crippen LogP contribution is -2.38. The van der Waals surface area contributed by atoms with Gasteiger partial charge in [-0.3, -0.25) is 4.99 Å². The van der Waals surface area contributed by atoms with Gasteiger partial charge in [-0.1, -0.05) is 0 Å². The molecule has 0 radical (unpaired) electrons. The van der Waals surface area contributed by atoms with E-state index in [1.807, 2.05) is 13.1 Å². The monoisotopic (exact) mass is 515 g/mol. The molecule has 0 aliphatic carbocycles. The minimum Gasteiger partial charge on any atom is -0.361 e. The maximum absolute atomic E-state index is 13.5. The summed E-state index contributed by atoms with van der Waals surface area (Å²) in [5.74, 6) is 0.612. The predicted molar refractivity (Wildman–Crippen MR) is 127 cm³/mol. The fraction of sp³-hybridized carbons (Fsp3) is 0.400. The summed E-state index contributed by atoms with van der Waals surface area (Å²) in [6, 6.07) is 4.83. The van der Waals surface area contributed by atoms with Crippen molar-refractivity contribution >= 4 is 52.2 Å². The van der Waals surface area contributed by atoms with E-state index >= 15 is 0 Å². The molecule has 0 saturated heterocycles. The van der Waals surface area contributed by atoms with Crippen LogP contribution in [0.25, 0.3) is 10.9 Å². The number of halogens is 2. The van der Waals surface area contributed by atoms with E-state index in [1.54, 1.807) is 23.5 Å². The van der Waals surface area contributed by atoms with Crippen molar-refractivity contribution in [2.45, 2.75) is 33.1 Å². The van der Waals surface area contributed by atoms with Gasteiger partial charge in [0.05, 0.1) is 5.01 Å². The Kier molecular flexibility index (Phi) is 9.17. The molecule has 0 aliphatic heterocycles. The van der Waals surface area contributed by atoms with Gasteiger partial charge in [0.15, 0.2) is 5.96 Å². The van der Waals surface area contributed by atoms with Gasteiger partial charge in [-0.2, -0.15) is 0 Å². The SMILES string of the molecule is CCNC(=NCCCc1nc(C)cs1)NCCc1c[nH]c2ccc(F)cc12.I. The highest BCUT2D eigenvalue weighted by molar-refractivity contribution is 14.0. The minimum atomic E-state index is -0.207. The van der Waals surface area contributed by atoms with Gasteiger partial charge in [0.2, 0.25) is 0 Å². The largest absolute Gasteiger partial charge is 0.361 e. The molecule has 5 nitrogen and oxygen atoms in total. The molecule has 2 aromatic heterocycles. The molecule has 0 aliphatic rings. The Morgan fingerprint density at radius 1 is 1.29 bits per heavy atom. The third-order valence-electron chi connectivity index (χ3n) is 4.25. The summed E-state index contributed by atoms with van der Waals surface area (Å²) in [4.78, 5) is 12.3. The number of rotatable bonds is 8. The van der Waals surface area contributed by atoms with Crippen LogP contribution < -0.4 is 10.6 Å². The number of nitrogens with one attached hydrogen (secondary N) is 3. The number of thiazole rings is 1. The molecule has 3 rings (SSSR count). The molecule has 0 fully saturated rings. The standard InChI is InChI=1S/C20H26FN5S.HI/c1-3-22-20(23-9-4-5-19-26-14(2)13-27-19)24-10-8-15-12-25-18-7-6-16(21)11-17(15)18;/h6-7,11-13,25H,3-5,8-10H2,1-2H3,(H2,22,23,24);1H. The zero-order valence-corrected chi connectivity index (χ0v) is 19.4. The molecule has 1 aromatic carbocycles. The third kappa shape index (κ3) is 6.44. The zero-order valence-electron chi connectivity index (χ0n) is 16.2. The van der Waals surface area contributed by atoms with Gasteiger partial charge in [0.25, 0.3) is 0 Å². The molecular formula is C20H27FIN5S. The van der Waals surface area contributed by atoms with Crippen molar-refractivity contribution in [3.63, 3.8) is 0 Å². The molecular weight excluding hydrogens is 488 g/mol. The highest BCUT2D eigenvalue weighted by atomic mass is 127. The second-order valence-corrected chi connectivity index (χ2v) is 7.37. The molecule has 28 heavy (non-hydrogen) atoms. The highest BCUT2D eigenvalue weighted by Crippen LogP contribution is 2.19. The van der Waals surface area contributed by atoms with Crippen molar-refractivity contribution < 1.29 is 4.39 Å². The van der Waals surface area contributed by atoms with Gasteiger partial charge in [-0.05, 0) is 50.5 Å². The summed E-state index contributed by atoms with van der Waals surface area (Å²) in [6.07, 6.45) is 4.69. The van der Waals surface area contributed by atoms with Crippen LogP contribution in [0.2, 0.25) is 0 Å². The Balaban J connectivity index is 0.00000280. The lowest BCUT2D eigenvalue weighted by molar-refractivity contribution is 0.629. The van der Waals surface area contributed by atoms with E-state index in [4.69, 9.17) is 0 Å². The van der Waals surface area contributed by atoms with Crippen molar-refractivity contribution in [3.8, 4) is 0 Å². The number of hydrogen-bond acceptors (Lipinski definition) is 3. The van der Waals surface area contributed by atoms with Crippen molar-refractivity contribution in [2.24, 2.45) is 4.99 Å². The maximum Gasteiger partial charge on any atom is 0.191 e. The van der Waals surface area contributed by atoms with E-state index in [-0.39, 0.29) is 29.8 Å². The average molecular weight is 515 g/mol. The molecule has 3 aromatic rings. The molecule has 0 bridgehead atoms. The first-order chi connectivity index (χ1) is 13.2. The third-order valence-corrected chi connectivity index (χ3v) is 5.27. The number of hydrogen-bond donors (Lipinski definition) is 3. The number of fused-ring (bicyclic) bond motifs is 1. The lowest BCUT2D eigenvalue weighted by atomic mass is 10.1. The summed E-state index contributed by atoms with van der Waals surface area (Å²) in [6.45, 7) is 6.38. The number of aryl methyl sites for hydroxylation is 2. The summed E-state index contributed by atoms with van der Waals surface area (Å²) >= 11 is 1.71. The minimum absolute atomic E-state index is 0. The van der Waals surface area contributed by atoms with Gasteiger partial charge >= 0.3 is 0 Å². The van der Waals surface area contributed by atoms with Crippen LogP contribution in [0.5, 0.6) is 0 Å². The Morgan fingerprint density at radius 2 is 2.14 bits per heavy atom. The molecule has 8 heteroatoms. The first-order valence-corrected chi connectivity index (χ1v) is 10.2. The van der Waals surface area contributed by atoms with Crippen LogP contribution in [0.4, 0.5) is 4.39 Å². The first kappa shape index (κ1) is 22.6. The van der Waals surface area contributed by atoms with Crippen LogP contribution in [0.1, 0.15) is 29.6 Å². The van der Waals surface area contributed by atoms with Crippen molar-refractivity contribution in [1.29, 1.82) is 0 Å². The summed E-state index contributed by atoms with van der Waals surface area (Å²) in [7, 11) is 0. The van der Waals surface area contributed by atoms with Crippen LogP contribution in [-0.2, 0) is 12.8 Å². The van der Waals surface area contributed by atoms with Gasteiger partial charge in [-0.15, -0.1) is 35.3 Å². The molecule has 0 unspecified atom stereocenters. The van der Waals surface area contributed by atoms with E-state index < -0.39 is 0 Å². The fourth-order valence-corrected chi connectivity index (χ4v) is 3.77. The summed E-state index contributed by atoms with van der Waals surface area (Å²) in [5.41, 5.74) is 3.15. The molecule has 0 atom stereocenters. The first-order valence-electron chi connectivity index (χ1n) is 9.34. The van der Waals surface area contributed by atoms with E-state index in [9.17, 15) is 4.39 Å². The van der Waals surface area contributed by atoms with Crippen molar-refractivity contribution in [2.75, 3.05) is 19.6 Å². The van der Waals surface area contributed by atoms with Gasteiger partial charge in [0.1, 0.15) is 5.82 Å². The molecule has 152 valence electrons. The Morgan fingerprint density at radius 3 is 2.89 bits per heavy atom. The lowest BCUT2D eigenvalue weighted by Gasteiger charge is -2.11. The number of aromatic nitrogens is 2.